The monoisotopic (exact) mass is 248 g/mol. The van der Waals surface area contributed by atoms with Gasteiger partial charge in [-0.05, 0) is 6.92 Å². The average Bonchev–Trinajstić information content (AvgIpc) is 2.23. The number of rotatable bonds is 3. The summed E-state index contributed by atoms with van der Waals surface area (Å²) in [5, 5.41) is 38.5. The fourth-order valence-corrected chi connectivity index (χ4v) is 1.81. The van der Waals surface area contributed by atoms with Crippen molar-refractivity contribution in [3.8, 4) is 0 Å². The third-order valence-electron chi connectivity index (χ3n) is 3.04. The summed E-state index contributed by atoms with van der Waals surface area (Å²) in [5.41, 5.74) is -2.31. The predicted molar refractivity (Wildman–Crippen MR) is 53.8 cm³/mol. The minimum absolute atomic E-state index is 0.744. The highest BCUT2D eigenvalue weighted by molar-refractivity contribution is 5.89. The minimum Gasteiger partial charge on any atom is -0.394 e. The Bertz CT molecular complexity index is 342. The molecule has 0 aromatic rings. The van der Waals surface area contributed by atoms with E-state index >= 15 is 0 Å². The Balaban J connectivity index is 3.16. The van der Waals surface area contributed by atoms with Gasteiger partial charge in [0, 0.05) is 13.3 Å². The molecule has 98 valence electrons. The van der Waals surface area contributed by atoms with Crippen LogP contribution < -0.4 is 0 Å². The maximum absolute atomic E-state index is 11.3. The molecular weight excluding hydrogens is 232 g/mol. The molecule has 0 spiro atoms. The highest BCUT2D eigenvalue weighted by atomic mass is 16.7. The molecule has 7 heteroatoms. The van der Waals surface area contributed by atoms with Crippen LogP contribution in [0.2, 0.25) is 0 Å². The van der Waals surface area contributed by atoms with Crippen LogP contribution in [-0.4, -0.2) is 62.2 Å². The van der Waals surface area contributed by atoms with Gasteiger partial charge in [-0.25, -0.2) is 0 Å². The maximum Gasteiger partial charge on any atom is 0.229 e. The lowest BCUT2D eigenvalue weighted by Crippen LogP contribution is -2.67. The van der Waals surface area contributed by atoms with E-state index in [1.165, 1.54) is 0 Å². The fraction of sp³-hybridized carbons (Fsp3) is 0.800. The Morgan fingerprint density at radius 1 is 1.29 bits per heavy atom. The van der Waals surface area contributed by atoms with Crippen molar-refractivity contribution in [2.45, 2.75) is 43.9 Å². The highest BCUT2D eigenvalue weighted by Crippen LogP contribution is 2.35. The van der Waals surface area contributed by atoms with Crippen molar-refractivity contribution in [2.75, 3.05) is 6.61 Å². The Hall–Kier alpha value is -0.860. The number of hydrogen-bond acceptors (Lipinski definition) is 7. The van der Waals surface area contributed by atoms with Gasteiger partial charge >= 0.3 is 0 Å². The number of hydrogen-bond donors (Lipinski definition) is 4. The van der Waals surface area contributed by atoms with E-state index in [2.05, 4.69) is 0 Å². The topological polar surface area (TPSA) is 124 Å². The second-order valence-electron chi connectivity index (χ2n) is 4.28. The van der Waals surface area contributed by atoms with Gasteiger partial charge in [0.25, 0.3) is 0 Å². The lowest BCUT2D eigenvalue weighted by molar-refractivity contribution is -0.305. The van der Waals surface area contributed by atoms with Crippen LogP contribution in [0.1, 0.15) is 20.3 Å². The van der Waals surface area contributed by atoms with Gasteiger partial charge in [0.2, 0.25) is 5.79 Å². The summed E-state index contributed by atoms with van der Waals surface area (Å²) >= 11 is 0. The summed E-state index contributed by atoms with van der Waals surface area (Å²) in [6, 6.07) is 0. The molecule has 1 fully saturated rings. The zero-order valence-electron chi connectivity index (χ0n) is 9.58. The molecule has 17 heavy (non-hydrogen) atoms. The second-order valence-corrected chi connectivity index (χ2v) is 4.28. The zero-order valence-corrected chi connectivity index (χ0v) is 9.58. The van der Waals surface area contributed by atoms with E-state index in [4.69, 9.17) is 9.84 Å². The summed E-state index contributed by atoms with van der Waals surface area (Å²) in [4.78, 5) is 22.6. The second kappa shape index (κ2) is 4.43. The van der Waals surface area contributed by atoms with Gasteiger partial charge in [-0.2, -0.15) is 0 Å². The van der Waals surface area contributed by atoms with E-state index in [0.29, 0.717) is 0 Å². The largest absolute Gasteiger partial charge is 0.394 e. The number of ether oxygens (including phenoxy) is 1. The van der Waals surface area contributed by atoms with Crippen LogP contribution >= 0.6 is 0 Å². The lowest BCUT2D eigenvalue weighted by atomic mass is 9.79. The SMILES string of the molecule is CC(=O)[C@@]1(O)C[C@](O)(C(C)=O)[C@H](O)[C@@H](CO)O1. The van der Waals surface area contributed by atoms with E-state index < -0.39 is 48.2 Å². The molecule has 0 radical (unpaired) electrons. The van der Waals surface area contributed by atoms with Crippen LogP contribution in [-0.2, 0) is 14.3 Å². The zero-order chi connectivity index (χ0) is 13.4. The number of Topliss-reactive ketones (excluding diaryl/α,β-unsaturated/α-hetero) is 2. The van der Waals surface area contributed by atoms with E-state index in [-0.39, 0.29) is 0 Å². The molecule has 1 aliphatic rings. The van der Waals surface area contributed by atoms with Crippen molar-refractivity contribution < 1.29 is 34.8 Å². The smallest absolute Gasteiger partial charge is 0.229 e. The standard InChI is InChI=1S/C10H16O7/c1-5(12)9(15)4-10(16,6(2)13)17-7(3-11)8(9)14/h7-8,11,14-16H,3-4H2,1-2H3/t7-,8-,9+,10-/m1/s1. The number of carbonyl (C=O) groups is 2. The van der Waals surface area contributed by atoms with Gasteiger partial charge in [-0.15, -0.1) is 0 Å². The summed E-state index contributed by atoms with van der Waals surface area (Å²) in [7, 11) is 0. The van der Waals surface area contributed by atoms with Crippen molar-refractivity contribution in [2.24, 2.45) is 0 Å². The number of aliphatic hydroxyl groups is 4. The van der Waals surface area contributed by atoms with Crippen molar-refractivity contribution in [1.82, 2.24) is 0 Å². The summed E-state index contributed by atoms with van der Waals surface area (Å²) in [6.45, 7) is 1.29. The molecule has 0 unspecified atom stereocenters. The van der Waals surface area contributed by atoms with Crippen LogP contribution in [0, 0.1) is 0 Å². The van der Waals surface area contributed by atoms with Gasteiger partial charge in [-0.3, -0.25) is 9.59 Å². The van der Waals surface area contributed by atoms with Gasteiger partial charge in [0.15, 0.2) is 17.2 Å². The van der Waals surface area contributed by atoms with Gasteiger partial charge in [-0.1, -0.05) is 0 Å². The van der Waals surface area contributed by atoms with Crippen LogP contribution in [0.15, 0.2) is 0 Å². The van der Waals surface area contributed by atoms with Crippen molar-refractivity contribution in [3.05, 3.63) is 0 Å². The molecule has 0 saturated carbocycles. The third-order valence-corrected chi connectivity index (χ3v) is 3.04. The molecule has 0 aliphatic carbocycles. The first kappa shape index (κ1) is 14.2. The Morgan fingerprint density at radius 3 is 2.18 bits per heavy atom. The molecule has 1 saturated heterocycles. The average molecular weight is 248 g/mol. The number of carbonyl (C=O) groups excluding carboxylic acids is 2. The summed E-state index contributed by atoms with van der Waals surface area (Å²) < 4.78 is 4.84. The quantitative estimate of drug-likeness (QED) is 0.443. The summed E-state index contributed by atoms with van der Waals surface area (Å²) in [5.74, 6) is -4.01. The molecule has 1 heterocycles. The molecule has 4 N–H and O–H groups in total. The van der Waals surface area contributed by atoms with Crippen LogP contribution in [0.25, 0.3) is 0 Å². The van der Waals surface area contributed by atoms with Crippen LogP contribution in [0.4, 0.5) is 0 Å². The molecule has 0 amide bonds. The van der Waals surface area contributed by atoms with E-state index in [1.54, 1.807) is 0 Å². The maximum atomic E-state index is 11.3. The van der Waals surface area contributed by atoms with Crippen molar-refractivity contribution in [1.29, 1.82) is 0 Å². The molecular formula is C10H16O7. The molecule has 0 bridgehead atoms. The van der Waals surface area contributed by atoms with E-state index in [9.17, 15) is 24.9 Å². The highest BCUT2D eigenvalue weighted by Gasteiger charge is 2.58. The fourth-order valence-electron chi connectivity index (χ4n) is 1.81. The van der Waals surface area contributed by atoms with E-state index in [0.717, 1.165) is 13.8 Å². The van der Waals surface area contributed by atoms with Gasteiger partial charge in [0.05, 0.1) is 6.61 Å². The number of aliphatic hydroxyl groups excluding tert-OH is 2. The molecule has 0 aromatic carbocycles. The number of ketones is 2. The predicted octanol–water partition coefficient (Wildman–Crippen LogP) is -2.27. The van der Waals surface area contributed by atoms with Crippen LogP contribution in [0.3, 0.4) is 0 Å². The first-order valence-electron chi connectivity index (χ1n) is 5.11. The van der Waals surface area contributed by atoms with Crippen LogP contribution in [0.5, 0.6) is 0 Å². The molecule has 0 aromatic heterocycles. The third kappa shape index (κ3) is 2.24. The molecule has 1 aliphatic heterocycles. The Kier molecular flexibility index (Phi) is 3.70. The lowest BCUT2D eigenvalue weighted by Gasteiger charge is -2.46. The van der Waals surface area contributed by atoms with E-state index in [1.807, 2.05) is 0 Å². The molecule has 1 rings (SSSR count). The van der Waals surface area contributed by atoms with Crippen molar-refractivity contribution >= 4 is 11.6 Å². The Morgan fingerprint density at radius 2 is 1.82 bits per heavy atom. The first-order valence-corrected chi connectivity index (χ1v) is 5.11. The molecule has 7 nitrogen and oxygen atoms in total. The van der Waals surface area contributed by atoms with Crippen molar-refractivity contribution in [3.63, 3.8) is 0 Å². The first-order chi connectivity index (χ1) is 7.67. The minimum atomic E-state index is -2.38. The van der Waals surface area contributed by atoms with Gasteiger partial charge < -0.3 is 25.2 Å². The normalized spacial score (nSPS) is 42.2. The molecule has 4 atom stereocenters. The van der Waals surface area contributed by atoms with Gasteiger partial charge in [0.1, 0.15) is 12.2 Å². The Labute approximate surface area is 97.6 Å². The summed E-state index contributed by atoms with van der Waals surface area (Å²) in [6.07, 6.45) is -3.88.